The molecular weight excluding hydrogens is 288 g/mol. The van der Waals surface area contributed by atoms with Crippen LogP contribution in [0.2, 0.25) is 0 Å². The molecule has 1 amide bonds. The molecule has 1 saturated heterocycles. The molecule has 2 N–H and O–H groups in total. The minimum atomic E-state index is -3.28. The van der Waals surface area contributed by atoms with Gasteiger partial charge in [0.1, 0.15) is 0 Å². The van der Waals surface area contributed by atoms with Gasteiger partial charge in [0.2, 0.25) is 0 Å². The van der Waals surface area contributed by atoms with Crippen LogP contribution in [0, 0.1) is 5.92 Å². The van der Waals surface area contributed by atoms with Crippen molar-refractivity contribution in [2.45, 2.75) is 24.2 Å². The lowest BCUT2D eigenvalue weighted by molar-refractivity contribution is 0.0950. The molecule has 0 unspecified atom stereocenters. The first-order valence-corrected chi connectivity index (χ1v) is 9.15. The molecule has 0 atom stereocenters. The molecule has 116 valence electrons. The number of hydrogen-bond acceptors (Lipinski definition) is 4. The largest absolute Gasteiger partial charge is 0.352 e. The van der Waals surface area contributed by atoms with E-state index in [0.717, 1.165) is 38.6 Å². The highest BCUT2D eigenvalue weighted by Gasteiger charge is 2.14. The van der Waals surface area contributed by atoms with Crippen LogP contribution in [0.25, 0.3) is 0 Å². The molecule has 1 aromatic rings. The van der Waals surface area contributed by atoms with E-state index in [-0.39, 0.29) is 10.8 Å². The van der Waals surface area contributed by atoms with E-state index in [0.29, 0.717) is 18.0 Å². The lowest BCUT2D eigenvalue weighted by Crippen LogP contribution is -2.31. The minimum absolute atomic E-state index is 0.175. The first-order chi connectivity index (χ1) is 9.97. The quantitative estimate of drug-likeness (QED) is 0.857. The van der Waals surface area contributed by atoms with E-state index >= 15 is 0 Å². The van der Waals surface area contributed by atoms with Crippen LogP contribution in [0.3, 0.4) is 0 Å². The van der Waals surface area contributed by atoms with Crippen molar-refractivity contribution >= 4 is 15.7 Å². The summed E-state index contributed by atoms with van der Waals surface area (Å²) in [5, 5.41) is 6.19. The van der Waals surface area contributed by atoms with Gasteiger partial charge in [-0.15, -0.1) is 0 Å². The van der Waals surface area contributed by atoms with E-state index in [4.69, 9.17) is 0 Å². The maximum atomic E-state index is 12.0. The number of rotatable bonds is 5. The Hall–Kier alpha value is -1.40. The molecule has 5 nitrogen and oxygen atoms in total. The highest BCUT2D eigenvalue weighted by Crippen LogP contribution is 2.15. The number of carbonyl (C=O) groups excluding carboxylic acids is 1. The fourth-order valence-electron chi connectivity index (χ4n) is 2.53. The topological polar surface area (TPSA) is 75.3 Å². The molecule has 0 aliphatic carbocycles. The van der Waals surface area contributed by atoms with Crippen LogP contribution in [0.5, 0.6) is 0 Å². The Morgan fingerprint density at radius 2 is 2.05 bits per heavy atom. The van der Waals surface area contributed by atoms with Crippen molar-refractivity contribution in [2.24, 2.45) is 5.92 Å². The van der Waals surface area contributed by atoms with Gasteiger partial charge in [0.05, 0.1) is 4.90 Å². The fraction of sp³-hybridized carbons (Fsp3) is 0.533. The second-order valence-corrected chi connectivity index (χ2v) is 7.55. The summed E-state index contributed by atoms with van der Waals surface area (Å²) in [4.78, 5) is 12.2. The predicted octanol–water partition coefficient (Wildman–Crippen LogP) is 1.21. The van der Waals surface area contributed by atoms with Crippen LogP contribution in [-0.2, 0) is 9.84 Å². The monoisotopic (exact) mass is 310 g/mol. The Morgan fingerprint density at radius 3 is 2.71 bits per heavy atom. The molecule has 0 aromatic heterocycles. The Bertz CT molecular complexity index is 593. The molecule has 1 aliphatic rings. The van der Waals surface area contributed by atoms with Gasteiger partial charge in [0.25, 0.3) is 5.91 Å². The van der Waals surface area contributed by atoms with Crippen LogP contribution in [-0.4, -0.2) is 40.2 Å². The zero-order valence-electron chi connectivity index (χ0n) is 12.3. The van der Waals surface area contributed by atoms with Gasteiger partial charge in [-0.3, -0.25) is 4.79 Å². The molecule has 0 bridgehead atoms. The van der Waals surface area contributed by atoms with Crippen molar-refractivity contribution in [1.29, 1.82) is 0 Å². The van der Waals surface area contributed by atoms with Gasteiger partial charge in [-0.1, -0.05) is 6.07 Å². The lowest BCUT2D eigenvalue weighted by Gasteiger charge is -2.22. The van der Waals surface area contributed by atoms with E-state index in [1.807, 2.05) is 0 Å². The highest BCUT2D eigenvalue weighted by molar-refractivity contribution is 7.90. The molecule has 1 aliphatic heterocycles. The zero-order chi connectivity index (χ0) is 15.3. The Balaban J connectivity index is 1.88. The van der Waals surface area contributed by atoms with Crippen molar-refractivity contribution < 1.29 is 13.2 Å². The maximum Gasteiger partial charge on any atom is 0.251 e. The van der Waals surface area contributed by atoms with E-state index in [2.05, 4.69) is 10.6 Å². The molecule has 2 rings (SSSR count). The van der Waals surface area contributed by atoms with Gasteiger partial charge in [-0.2, -0.15) is 0 Å². The summed E-state index contributed by atoms with van der Waals surface area (Å²) in [6.07, 6.45) is 4.42. The van der Waals surface area contributed by atoms with Crippen LogP contribution < -0.4 is 10.6 Å². The number of nitrogens with one attached hydrogen (secondary N) is 2. The zero-order valence-corrected chi connectivity index (χ0v) is 13.1. The summed E-state index contributed by atoms with van der Waals surface area (Å²) in [5.41, 5.74) is 0.392. The number of hydrogen-bond donors (Lipinski definition) is 2. The average Bonchev–Trinajstić information content (AvgIpc) is 2.47. The van der Waals surface area contributed by atoms with E-state index < -0.39 is 9.84 Å². The molecule has 0 spiro atoms. The summed E-state index contributed by atoms with van der Waals surface area (Å²) < 4.78 is 23.0. The fourth-order valence-corrected chi connectivity index (χ4v) is 3.20. The molecule has 0 radical (unpaired) electrons. The Morgan fingerprint density at radius 1 is 1.33 bits per heavy atom. The highest BCUT2D eigenvalue weighted by atomic mass is 32.2. The summed E-state index contributed by atoms with van der Waals surface area (Å²) in [5.74, 6) is 0.448. The molecular formula is C15H22N2O3S. The maximum absolute atomic E-state index is 12.0. The second kappa shape index (κ2) is 7.04. The normalized spacial score (nSPS) is 16.6. The van der Waals surface area contributed by atoms with Crippen molar-refractivity contribution in [3.05, 3.63) is 29.8 Å². The van der Waals surface area contributed by atoms with Gasteiger partial charge in [0, 0.05) is 18.4 Å². The van der Waals surface area contributed by atoms with Crippen LogP contribution in [0.4, 0.5) is 0 Å². The summed E-state index contributed by atoms with van der Waals surface area (Å²) in [6.45, 7) is 2.73. The number of carbonyl (C=O) groups is 1. The van der Waals surface area contributed by atoms with Gasteiger partial charge in [-0.05, 0) is 56.5 Å². The van der Waals surface area contributed by atoms with E-state index in [9.17, 15) is 13.2 Å². The van der Waals surface area contributed by atoms with Gasteiger partial charge in [0.15, 0.2) is 9.84 Å². The Kier molecular flexibility index (Phi) is 5.36. The standard InChI is InChI=1S/C15H22N2O3S/c1-21(19,20)14-4-2-3-13(11-14)15(18)17-10-7-12-5-8-16-9-6-12/h2-4,11-12,16H,5-10H2,1H3,(H,17,18). The SMILES string of the molecule is CS(=O)(=O)c1cccc(C(=O)NCCC2CCNCC2)c1. The first-order valence-electron chi connectivity index (χ1n) is 7.26. The Labute approximate surface area is 126 Å². The second-order valence-electron chi connectivity index (χ2n) is 5.54. The van der Waals surface area contributed by atoms with E-state index in [1.165, 1.54) is 12.1 Å². The number of benzene rings is 1. The molecule has 1 heterocycles. The van der Waals surface area contributed by atoms with E-state index in [1.54, 1.807) is 12.1 Å². The minimum Gasteiger partial charge on any atom is -0.352 e. The third kappa shape index (κ3) is 4.82. The van der Waals surface area contributed by atoms with Crippen molar-refractivity contribution in [3.8, 4) is 0 Å². The van der Waals surface area contributed by atoms with Gasteiger partial charge >= 0.3 is 0 Å². The smallest absolute Gasteiger partial charge is 0.251 e. The van der Waals surface area contributed by atoms with Crippen LogP contribution in [0.1, 0.15) is 29.6 Å². The number of piperidine rings is 1. The third-order valence-electron chi connectivity index (χ3n) is 3.82. The summed E-state index contributed by atoms with van der Waals surface area (Å²) in [6, 6.07) is 6.16. The molecule has 6 heteroatoms. The number of sulfone groups is 1. The summed E-state index contributed by atoms with van der Waals surface area (Å²) >= 11 is 0. The van der Waals surface area contributed by atoms with Crippen LogP contribution >= 0.6 is 0 Å². The summed E-state index contributed by atoms with van der Waals surface area (Å²) in [7, 11) is -3.28. The average molecular weight is 310 g/mol. The van der Waals surface area contributed by atoms with Crippen molar-refractivity contribution in [1.82, 2.24) is 10.6 Å². The van der Waals surface area contributed by atoms with Crippen LogP contribution in [0.15, 0.2) is 29.2 Å². The first kappa shape index (κ1) is 16.0. The molecule has 1 fully saturated rings. The molecule has 21 heavy (non-hydrogen) atoms. The lowest BCUT2D eigenvalue weighted by atomic mass is 9.95. The number of amides is 1. The van der Waals surface area contributed by atoms with Crippen molar-refractivity contribution in [3.63, 3.8) is 0 Å². The third-order valence-corrected chi connectivity index (χ3v) is 4.93. The molecule has 1 aromatic carbocycles. The molecule has 0 saturated carbocycles. The predicted molar refractivity (Wildman–Crippen MR) is 82.1 cm³/mol. The van der Waals surface area contributed by atoms with Gasteiger partial charge in [-0.25, -0.2) is 8.42 Å². The van der Waals surface area contributed by atoms with Crippen molar-refractivity contribution in [2.75, 3.05) is 25.9 Å². The van der Waals surface area contributed by atoms with Gasteiger partial charge < -0.3 is 10.6 Å².